The summed E-state index contributed by atoms with van der Waals surface area (Å²) in [6.45, 7) is 2.00. The zero-order chi connectivity index (χ0) is 14.5. The third kappa shape index (κ3) is 3.34. The summed E-state index contributed by atoms with van der Waals surface area (Å²) in [7, 11) is 0. The number of nitro groups is 1. The summed E-state index contributed by atoms with van der Waals surface area (Å²) >= 11 is 1.33. The van der Waals surface area contributed by atoms with Crippen LogP contribution in [-0.2, 0) is 0 Å². The number of hydrogen-bond donors (Lipinski definition) is 1. The van der Waals surface area contributed by atoms with Crippen LogP contribution in [0.2, 0.25) is 0 Å². The van der Waals surface area contributed by atoms with Gasteiger partial charge in [0.25, 0.3) is 5.69 Å². The van der Waals surface area contributed by atoms with Gasteiger partial charge in [-0.05, 0) is 24.6 Å². The van der Waals surface area contributed by atoms with Crippen molar-refractivity contribution in [2.75, 3.05) is 0 Å². The summed E-state index contributed by atoms with van der Waals surface area (Å²) in [6.07, 6.45) is 2.52. The zero-order valence-corrected chi connectivity index (χ0v) is 11.8. The van der Waals surface area contributed by atoms with Crippen LogP contribution in [0.4, 0.5) is 5.69 Å². The summed E-state index contributed by atoms with van der Waals surface area (Å²) in [5, 5.41) is 11.0. The molecule has 2 N–H and O–H groups in total. The molecule has 6 heteroatoms. The molecule has 1 aromatic heterocycles. The first-order chi connectivity index (χ1) is 9.61. The van der Waals surface area contributed by atoms with Crippen molar-refractivity contribution in [1.82, 2.24) is 4.98 Å². The van der Waals surface area contributed by atoms with Gasteiger partial charge in [-0.2, -0.15) is 0 Å². The Morgan fingerprint density at radius 2 is 2.10 bits per heavy atom. The lowest BCUT2D eigenvalue weighted by atomic mass is 10.1. The van der Waals surface area contributed by atoms with Crippen molar-refractivity contribution in [3.63, 3.8) is 0 Å². The molecule has 5 nitrogen and oxygen atoms in total. The van der Waals surface area contributed by atoms with Crippen molar-refractivity contribution in [1.29, 1.82) is 0 Å². The van der Waals surface area contributed by atoms with E-state index in [0.29, 0.717) is 4.90 Å². The van der Waals surface area contributed by atoms with Crippen LogP contribution in [0, 0.1) is 10.1 Å². The van der Waals surface area contributed by atoms with Gasteiger partial charge in [0, 0.05) is 23.2 Å². The summed E-state index contributed by atoms with van der Waals surface area (Å²) in [5.41, 5.74) is 6.84. The predicted octanol–water partition coefficient (Wildman–Crippen LogP) is 3.55. The highest BCUT2D eigenvalue weighted by atomic mass is 32.2. The molecule has 1 aromatic carbocycles. The number of pyridine rings is 1. The minimum absolute atomic E-state index is 0.0693. The van der Waals surface area contributed by atoms with E-state index >= 15 is 0 Å². The highest BCUT2D eigenvalue weighted by molar-refractivity contribution is 7.99. The second-order valence-electron chi connectivity index (χ2n) is 4.26. The lowest BCUT2D eigenvalue weighted by Gasteiger charge is -2.08. The second-order valence-corrected chi connectivity index (χ2v) is 5.38. The largest absolute Gasteiger partial charge is 0.323 e. The second kappa shape index (κ2) is 6.49. The number of rotatable bonds is 5. The fraction of sp³-hybridized carbons (Fsp3) is 0.214. The van der Waals surface area contributed by atoms with E-state index < -0.39 is 0 Å². The van der Waals surface area contributed by atoms with E-state index in [1.54, 1.807) is 24.4 Å². The van der Waals surface area contributed by atoms with Gasteiger partial charge < -0.3 is 5.73 Å². The third-order valence-corrected chi connectivity index (χ3v) is 3.91. The van der Waals surface area contributed by atoms with Crippen LogP contribution >= 0.6 is 11.8 Å². The Labute approximate surface area is 121 Å². The molecule has 0 saturated heterocycles. The maximum atomic E-state index is 11.0. The van der Waals surface area contributed by atoms with E-state index in [9.17, 15) is 10.1 Å². The van der Waals surface area contributed by atoms with Gasteiger partial charge in [0.1, 0.15) is 0 Å². The third-order valence-electron chi connectivity index (χ3n) is 2.87. The first-order valence-corrected chi connectivity index (χ1v) is 7.06. The predicted molar refractivity (Wildman–Crippen MR) is 78.7 cm³/mol. The molecule has 1 heterocycles. The Morgan fingerprint density at radius 1 is 1.35 bits per heavy atom. The van der Waals surface area contributed by atoms with E-state index in [1.807, 2.05) is 19.1 Å². The molecule has 0 amide bonds. The number of aromatic nitrogens is 1. The van der Waals surface area contributed by atoms with Gasteiger partial charge in [-0.3, -0.25) is 15.1 Å². The molecular weight excluding hydrogens is 274 g/mol. The number of hydrogen-bond acceptors (Lipinski definition) is 5. The molecule has 20 heavy (non-hydrogen) atoms. The van der Waals surface area contributed by atoms with Gasteiger partial charge in [0.2, 0.25) is 0 Å². The Kier molecular flexibility index (Phi) is 4.70. The zero-order valence-electron chi connectivity index (χ0n) is 11.0. The maximum Gasteiger partial charge on any atom is 0.283 e. The van der Waals surface area contributed by atoms with Crippen LogP contribution < -0.4 is 5.73 Å². The minimum Gasteiger partial charge on any atom is -0.323 e. The van der Waals surface area contributed by atoms with Crippen molar-refractivity contribution in [2.45, 2.75) is 29.2 Å². The maximum absolute atomic E-state index is 11.0. The summed E-state index contributed by atoms with van der Waals surface area (Å²) in [4.78, 5) is 16.3. The van der Waals surface area contributed by atoms with Crippen molar-refractivity contribution in [3.05, 3.63) is 58.4 Å². The van der Waals surface area contributed by atoms with Crippen LogP contribution in [0.1, 0.15) is 25.1 Å². The van der Waals surface area contributed by atoms with Gasteiger partial charge >= 0.3 is 0 Å². The molecular formula is C14H15N3O2S. The van der Waals surface area contributed by atoms with E-state index in [2.05, 4.69) is 4.98 Å². The van der Waals surface area contributed by atoms with Gasteiger partial charge in [-0.25, -0.2) is 0 Å². The smallest absolute Gasteiger partial charge is 0.283 e. The molecule has 0 fully saturated rings. The number of nitrogens with two attached hydrogens (primary N) is 1. The fourth-order valence-corrected chi connectivity index (χ4v) is 2.59. The van der Waals surface area contributed by atoms with Crippen LogP contribution in [0.15, 0.2) is 52.4 Å². The van der Waals surface area contributed by atoms with Crippen molar-refractivity contribution >= 4 is 17.4 Å². The summed E-state index contributed by atoms with van der Waals surface area (Å²) < 4.78 is 0. The van der Waals surface area contributed by atoms with Crippen LogP contribution in [0.3, 0.4) is 0 Å². The standard InChI is InChI=1S/C14H15N3O2S/c1-2-11(15)12-8-7-10(9-16-12)20-14-6-4-3-5-13(14)17(18)19/h3-9,11H,2,15H2,1H3. The lowest BCUT2D eigenvalue weighted by molar-refractivity contribution is -0.387. The molecule has 0 radical (unpaired) electrons. The monoisotopic (exact) mass is 289 g/mol. The van der Waals surface area contributed by atoms with Gasteiger partial charge in [-0.1, -0.05) is 30.8 Å². The first-order valence-electron chi connectivity index (χ1n) is 6.24. The molecule has 0 aliphatic rings. The van der Waals surface area contributed by atoms with Crippen molar-refractivity contribution in [2.24, 2.45) is 5.73 Å². The molecule has 0 saturated carbocycles. The highest BCUT2D eigenvalue weighted by Gasteiger charge is 2.13. The molecule has 104 valence electrons. The Balaban J connectivity index is 2.20. The lowest BCUT2D eigenvalue weighted by Crippen LogP contribution is -2.10. The molecule has 2 aromatic rings. The van der Waals surface area contributed by atoms with Crippen LogP contribution in [-0.4, -0.2) is 9.91 Å². The minimum atomic E-state index is -0.378. The molecule has 1 atom stereocenters. The van der Waals surface area contributed by atoms with E-state index in [-0.39, 0.29) is 16.7 Å². The molecule has 0 aliphatic carbocycles. The molecule has 2 rings (SSSR count). The average Bonchev–Trinajstić information content (AvgIpc) is 2.47. The topological polar surface area (TPSA) is 82.0 Å². The number of benzene rings is 1. The van der Waals surface area contributed by atoms with Gasteiger partial charge in [-0.15, -0.1) is 0 Å². The Bertz CT molecular complexity index is 602. The van der Waals surface area contributed by atoms with Crippen LogP contribution in [0.5, 0.6) is 0 Å². The van der Waals surface area contributed by atoms with E-state index in [1.165, 1.54) is 17.8 Å². The first kappa shape index (κ1) is 14.5. The molecule has 0 spiro atoms. The SMILES string of the molecule is CCC(N)c1ccc(Sc2ccccc2[N+](=O)[O-])cn1. The van der Waals surface area contributed by atoms with Crippen molar-refractivity contribution < 1.29 is 4.92 Å². The number of para-hydroxylation sites is 1. The van der Waals surface area contributed by atoms with E-state index in [0.717, 1.165) is 17.0 Å². The average molecular weight is 289 g/mol. The summed E-state index contributed by atoms with van der Waals surface area (Å²) in [6, 6.07) is 10.4. The quantitative estimate of drug-likeness (QED) is 0.672. The highest BCUT2D eigenvalue weighted by Crippen LogP contribution is 2.34. The Morgan fingerprint density at radius 3 is 2.70 bits per heavy atom. The number of nitro benzene ring substituents is 1. The fourth-order valence-electron chi connectivity index (χ4n) is 1.70. The summed E-state index contributed by atoms with van der Waals surface area (Å²) in [5.74, 6) is 0. The Hall–Kier alpha value is -1.92. The van der Waals surface area contributed by atoms with Gasteiger partial charge in [0.15, 0.2) is 0 Å². The van der Waals surface area contributed by atoms with Gasteiger partial charge in [0.05, 0.1) is 15.5 Å². The number of nitrogens with zero attached hydrogens (tertiary/aromatic N) is 2. The molecule has 1 unspecified atom stereocenters. The normalized spacial score (nSPS) is 12.1. The van der Waals surface area contributed by atoms with E-state index in [4.69, 9.17) is 5.73 Å². The molecule has 0 aliphatic heterocycles. The molecule has 0 bridgehead atoms. The van der Waals surface area contributed by atoms with Crippen molar-refractivity contribution in [3.8, 4) is 0 Å². The van der Waals surface area contributed by atoms with Crippen LogP contribution in [0.25, 0.3) is 0 Å².